The van der Waals surface area contributed by atoms with Gasteiger partial charge in [-0.3, -0.25) is 9.89 Å². The number of aliphatic imine (C=N–C) groups is 1. The zero-order chi connectivity index (χ0) is 18.9. The van der Waals surface area contributed by atoms with E-state index in [-0.39, 0.29) is 0 Å². The van der Waals surface area contributed by atoms with Gasteiger partial charge in [0, 0.05) is 51.2 Å². The van der Waals surface area contributed by atoms with E-state index in [1.807, 2.05) is 13.2 Å². The molecule has 0 aromatic carbocycles. The monoisotopic (exact) mass is 374 g/mol. The van der Waals surface area contributed by atoms with Crippen LogP contribution in [-0.4, -0.2) is 59.2 Å². The van der Waals surface area contributed by atoms with E-state index in [1.54, 1.807) is 0 Å². The third-order valence-corrected chi connectivity index (χ3v) is 6.15. The number of imidazole rings is 1. The van der Waals surface area contributed by atoms with E-state index >= 15 is 0 Å². The molecule has 1 atom stereocenters. The fourth-order valence-electron chi connectivity index (χ4n) is 4.54. The van der Waals surface area contributed by atoms with Gasteiger partial charge in [-0.15, -0.1) is 0 Å². The number of nitrogens with zero attached hydrogens (tertiary/aromatic N) is 4. The summed E-state index contributed by atoms with van der Waals surface area (Å²) in [5.74, 6) is 2.06. The SMILES string of the molecule is CN=C(NCCCCn1ccnc1C)NC1CCCN(C2CCCCC2)C1. The molecule has 1 saturated heterocycles. The van der Waals surface area contributed by atoms with Gasteiger partial charge in [-0.2, -0.15) is 0 Å². The number of likely N-dealkylation sites (tertiary alicyclic amines) is 1. The predicted molar refractivity (Wildman–Crippen MR) is 112 cm³/mol. The minimum Gasteiger partial charge on any atom is -0.356 e. The number of rotatable bonds is 7. The van der Waals surface area contributed by atoms with Crippen molar-refractivity contribution in [1.82, 2.24) is 25.1 Å². The Morgan fingerprint density at radius 1 is 1.19 bits per heavy atom. The third kappa shape index (κ3) is 6.23. The maximum absolute atomic E-state index is 4.44. The van der Waals surface area contributed by atoms with Crippen LogP contribution in [0.15, 0.2) is 17.4 Å². The average Bonchev–Trinajstić information content (AvgIpc) is 3.12. The lowest BCUT2D eigenvalue weighted by atomic mass is 9.92. The van der Waals surface area contributed by atoms with Crippen LogP contribution in [0.2, 0.25) is 0 Å². The second-order valence-electron chi connectivity index (χ2n) is 8.14. The molecule has 1 aromatic heterocycles. The van der Waals surface area contributed by atoms with Crippen molar-refractivity contribution in [2.24, 2.45) is 4.99 Å². The number of aromatic nitrogens is 2. The molecule has 0 spiro atoms. The van der Waals surface area contributed by atoms with Crippen LogP contribution < -0.4 is 10.6 Å². The average molecular weight is 375 g/mol. The maximum atomic E-state index is 4.44. The van der Waals surface area contributed by atoms with Crippen molar-refractivity contribution in [3.05, 3.63) is 18.2 Å². The number of guanidine groups is 1. The lowest BCUT2D eigenvalue weighted by Gasteiger charge is -2.40. The summed E-state index contributed by atoms with van der Waals surface area (Å²) >= 11 is 0. The van der Waals surface area contributed by atoms with E-state index in [0.717, 1.165) is 43.8 Å². The number of hydrogen-bond acceptors (Lipinski definition) is 3. The van der Waals surface area contributed by atoms with Crippen molar-refractivity contribution in [2.45, 2.75) is 83.3 Å². The molecule has 1 aromatic rings. The summed E-state index contributed by atoms with van der Waals surface area (Å²) in [7, 11) is 1.88. The summed E-state index contributed by atoms with van der Waals surface area (Å²) in [5, 5.41) is 7.17. The molecule has 2 heterocycles. The van der Waals surface area contributed by atoms with Gasteiger partial charge >= 0.3 is 0 Å². The van der Waals surface area contributed by atoms with E-state index in [4.69, 9.17) is 0 Å². The van der Waals surface area contributed by atoms with Gasteiger partial charge in [-0.25, -0.2) is 4.98 Å². The summed E-state index contributed by atoms with van der Waals surface area (Å²) in [5.41, 5.74) is 0. The quantitative estimate of drug-likeness (QED) is 0.438. The van der Waals surface area contributed by atoms with E-state index in [1.165, 1.54) is 58.0 Å². The van der Waals surface area contributed by atoms with Gasteiger partial charge in [0.1, 0.15) is 5.82 Å². The molecule has 1 aliphatic heterocycles. The molecule has 0 bridgehead atoms. The number of unbranched alkanes of at least 4 members (excludes halogenated alkanes) is 1. The topological polar surface area (TPSA) is 57.5 Å². The smallest absolute Gasteiger partial charge is 0.191 e. The zero-order valence-electron chi connectivity index (χ0n) is 17.3. The first-order chi connectivity index (χ1) is 13.3. The lowest BCUT2D eigenvalue weighted by molar-refractivity contribution is 0.115. The number of aryl methyl sites for hydroxylation is 2. The third-order valence-electron chi connectivity index (χ3n) is 6.15. The van der Waals surface area contributed by atoms with E-state index in [2.05, 4.69) is 43.2 Å². The Hall–Kier alpha value is -1.56. The van der Waals surface area contributed by atoms with Crippen molar-refractivity contribution < 1.29 is 0 Å². The zero-order valence-corrected chi connectivity index (χ0v) is 17.3. The van der Waals surface area contributed by atoms with Crippen LogP contribution in [-0.2, 0) is 6.54 Å². The fourth-order valence-corrected chi connectivity index (χ4v) is 4.54. The summed E-state index contributed by atoms with van der Waals surface area (Å²) < 4.78 is 2.22. The Morgan fingerprint density at radius 2 is 2.04 bits per heavy atom. The maximum Gasteiger partial charge on any atom is 0.191 e. The minimum atomic E-state index is 0.528. The summed E-state index contributed by atoms with van der Waals surface area (Å²) in [6, 6.07) is 1.35. The van der Waals surface area contributed by atoms with Crippen molar-refractivity contribution in [3.8, 4) is 0 Å². The van der Waals surface area contributed by atoms with E-state index < -0.39 is 0 Å². The van der Waals surface area contributed by atoms with Crippen LogP contribution in [0, 0.1) is 6.92 Å². The summed E-state index contributed by atoms with van der Waals surface area (Å²) in [6.45, 7) is 6.52. The van der Waals surface area contributed by atoms with Crippen molar-refractivity contribution in [1.29, 1.82) is 0 Å². The van der Waals surface area contributed by atoms with Crippen molar-refractivity contribution in [2.75, 3.05) is 26.7 Å². The molecule has 1 aliphatic carbocycles. The van der Waals surface area contributed by atoms with Gasteiger partial charge < -0.3 is 15.2 Å². The van der Waals surface area contributed by atoms with Gasteiger partial charge in [0.2, 0.25) is 0 Å². The lowest BCUT2D eigenvalue weighted by Crippen LogP contribution is -2.53. The molecule has 1 unspecified atom stereocenters. The van der Waals surface area contributed by atoms with Crippen LogP contribution in [0.3, 0.4) is 0 Å². The predicted octanol–water partition coefficient (Wildman–Crippen LogP) is 2.93. The highest BCUT2D eigenvalue weighted by Gasteiger charge is 2.27. The van der Waals surface area contributed by atoms with Gasteiger partial charge in [-0.05, 0) is 52.0 Å². The second kappa shape index (κ2) is 10.7. The summed E-state index contributed by atoms with van der Waals surface area (Å²) in [4.78, 5) is 11.5. The Kier molecular flexibility index (Phi) is 7.99. The Morgan fingerprint density at radius 3 is 2.78 bits per heavy atom. The Balaban J connectivity index is 1.34. The highest BCUT2D eigenvalue weighted by atomic mass is 15.2. The standard InChI is InChI=1S/C21H38N6/c1-18-23-13-16-26(18)14-7-6-12-24-21(22-2)25-19-9-8-15-27(17-19)20-10-4-3-5-11-20/h13,16,19-20H,3-12,14-15,17H2,1-2H3,(H2,22,24,25). The molecule has 2 N–H and O–H groups in total. The number of piperidine rings is 1. The second-order valence-corrected chi connectivity index (χ2v) is 8.14. The Bertz CT molecular complexity index is 575. The minimum absolute atomic E-state index is 0.528. The summed E-state index contributed by atoms with van der Waals surface area (Å²) in [6.07, 6.45) is 15.8. The number of hydrogen-bond donors (Lipinski definition) is 2. The molecule has 2 aliphatic rings. The molecular formula is C21H38N6. The molecule has 6 nitrogen and oxygen atoms in total. The molecule has 1 saturated carbocycles. The molecular weight excluding hydrogens is 336 g/mol. The van der Waals surface area contributed by atoms with Crippen LogP contribution in [0.1, 0.15) is 63.6 Å². The van der Waals surface area contributed by atoms with Gasteiger partial charge in [-0.1, -0.05) is 19.3 Å². The van der Waals surface area contributed by atoms with Crippen LogP contribution in [0.4, 0.5) is 0 Å². The van der Waals surface area contributed by atoms with Gasteiger partial charge in [0.15, 0.2) is 5.96 Å². The first kappa shape index (κ1) is 20.2. The highest BCUT2D eigenvalue weighted by molar-refractivity contribution is 5.79. The highest BCUT2D eigenvalue weighted by Crippen LogP contribution is 2.25. The van der Waals surface area contributed by atoms with Gasteiger partial charge in [0.05, 0.1) is 0 Å². The van der Waals surface area contributed by atoms with Gasteiger partial charge in [0.25, 0.3) is 0 Å². The van der Waals surface area contributed by atoms with Crippen LogP contribution in [0.25, 0.3) is 0 Å². The molecule has 27 heavy (non-hydrogen) atoms. The molecule has 6 heteroatoms. The molecule has 2 fully saturated rings. The van der Waals surface area contributed by atoms with Crippen molar-refractivity contribution in [3.63, 3.8) is 0 Å². The fraction of sp³-hybridized carbons (Fsp3) is 0.810. The normalized spacial score (nSPS) is 22.7. The molecule has 0 radical (unpaired) electrons. The number of nitrogens with one attached hydrogen (secondary N) is 2. The van der Waals surface area contributed by atoms with E-state index in [0.29, 0.717) is 6.04 Å². The van der Waals surface area contributed by atoms with E-state index in [9.17, 15) is 0 Å². The first-order valence-electron chi connectivity index (χ1n) is 10.9. The molecule has 0 amide bonds. The first-order valence-corrected chi connectivity index (χ1v) is 10.9. The largest absolute Gasteiger partial charge is 0.356 e. The molecule has 3 rings (SSSR count). The van der Waals surface area contributed by atoms with Crippen LogP contribution in [0.5, 0.6) is 0 Å². The Labute approximate surface area is 164 Å². The molecule has 152 valence electrons. The van der Waals surface area contributed by atoms with Crippen molar-refractivity contribution >= 4 is 5.96 Å². The van der Waals surface area contributed by atoms with Crippen LogP contribution >= 0.6 is 0 Å².